The van der Waals surface area contributed by atoms with Crippen LogP contribution in [0.25, 0.3) is 0 Å². The number of benzene rings is 1. The molecule has 4 N–H and O–H groups in total. The molecule has 3 amide bonds. The number of amides is 3. The van der Waals surface area contributed by atoms with Crippen molar-refractivity contribution in [1.82, 2.24) is 15.5 Å². The summed E-state index contributed by atoms with van der Waals surface area (Å²) in [6.45, 7) is 6.30. The van der Waals surface area contributed by atoms with Crippen molar-refractivity contribution in [2.45, 2.75) is 45.7 Å². The maximum absolute atomic E-state index is 12.3. The zero-order valence-corrected chi connectivity index (χ0v) is 16.5. The lowest BCUT2D eigenvalue weighted by Gasteiger charge is -2.29. The highest BCUT2D eigenvalue weighted by molar-refractivity contribution is 5.85. The third kappa shape index (κ3) is 6.84. The zero-order valence-electron chi connectivity index (χ0n) is 15.7. The number of carbonyl (C=O) groups excluding carboxylic acids is 2. The van der Waals surface area contributed by atoms with Crippen LogP contribution in [0.1, 0.15) is 37.8 Å². The topological polar surface area (TPSA) is 87.5 Å². The summed E-state index contributed by atoms with van der Waals surface area (Å²) in [7, 11) is 0. The maximum Gasteiger partial charge on any atom is 0.317 e. The monoisotopic (exact) mass is 382 g/mol. The molecule has 2 rings (SSSR count). The molecule has 146 valence electrons. The van der Waals surface area contributed by atoms with Gasteiger partial charge in [-0.3, -0.25) is 4.79 Å². The van der Waals surface area contributed by atoms with Crippen LogP contribution in [0.2, 0.25) is 0 Å². The summed E-state index contributed by atoms with van der Waals surface area (Å²) in [5.41, 5.74) is 8.20. The number of urea groups is 1. The van der Waals surface area contributed by atoms with E-state index >= 15 is 0 Å². The lowest BCUT2D eigenvalue weighted by molar-refractivity contribution is -0.121. The Labute approximate surface area is 162 Å². The van der Waals surface area contributed by atoms with Crippen molar-refractivity contribution in [3.63, 3.8) is 0 Å². The van der Waals surface area contributed by atoms with Gasteiger partial charge in [-0.1, -0.05) is 38.1 Å². The summed E-state index contributed by atoms with van der Waals surface area (Å²) < 4.78 is 0. The predicted molar refractivity (Wildman–Crippen MR) is 106 cm³/mol. The second-order valence-electron chi connectivity index (χ2n) is 7.05. The van der Waals surface area contributed by atoms with Crippen molar-refractivity contribution < 1.29 is 9.59 Å². The summed E-state index contributed by atoms with van der Waals surface area (Å²) in [4.78, 5) is 26.1. The number of hydrogen-bond donors (Lipinski definition) is 3. The molecule has 0 fully saturated rings. The molecular formula is C19H31ClN4O2. The van der Waals surface area contributed by atoms with Crippen molar-refractivity contribution in [1.29, 1.82) is 0 Å². The molecule has 0 saturated carbocycles. The van der Waals surface area contributed by atoms with Gasteiger partial charge in [0.1, 0.15) is 0 Å². The van der Waals surface area contributed by atoms with Gasteiger partial charge in [-0.15, -0.1) is 12.4 Å². The quantitative estimate of drug-likeness (QED) is 0.674. The Hall–Kier alpha value is -1.79. The molecule has 0 aliphatic carbocycles. The molecule has 1 aromatic carbocycles. The average molecular weight is 383 g/mol. The standard InChI is InChI=1S/C19H30N4O2.ClH/c1-14(2)11-17(12-20)22-18(24)7-9-21-19(25)23-10-8-15-5-3-4-6-16(15)13-23;/h3-6,14,17H,7-13,20H2,1-2H3,(H,21,25)(H,22,24);1H. The minimum atomic E-state index is -0.111. The summed E-state index contributed by atoms with van der Waals surface area (Å²) in [5, 5.41) is 5.78. The fourth-order valence-electron chi connectivity index (χ4n) is 3.15. The minimum absolute atomic E-state index is 0. The molecule has 0 spiro atoms. The highest BCUT2D eigenvalue weighted by Gasteiger charge is 2.20. The van der Waals surface area contributed by atoms with Crippen LogP contribution in [0.4, 0.5) is 4.79 Å². The molecule has 0 aromatic heterocycles. The van der Waals surface area contributed by atoms with Crippen LogP contribution in [0.15, 0.2) is 24.3 Å². The molecule has 1 aliphatic heterocycles. The van der Waals surface area contributed by atoms with Gasteiger partial charge in [-0.2, -0.15) is 0 Å². The van der Waals surface area contributed by atoms with Crippen molar-refractivity contribution in [2.75, 3.05) is 19.6 Å². The SMILES string of the molecule is CC(C)CC(CN)NC(=O)CCNC(=O)N1CCc2ccccc2C1.Cl. The number of nitrogens with two attached hydrogens (primary N) is 1. The van der Waals surface area contributed by atoms with Crippen LogP contribution in [-0.2, 0) is 17.8 Å². The molecule has 6 nitrogen and oxygen atoms in total. The van der Waals surface area contributed by atoms with Gasteiger partial charge in [-0.25, -0.2) is 4.79 Å². The maximum atomic E-state index is 12.3. The third-order valence-electron chi connectivity index (χ3n) is 4.45. The lowest BCUT2D eigenvalue weighted by Crippen LogP contribution is -2.45. The van der Waals surface area contributed by atoms with Gasteiger partial charge in [0.25, 0.3) is 0 Å². The van der Waals surface area contributed by atoms with Crippen LogP contribution < -0.4 is 16.4 Å². The summed E-state index contributed by atoms with van der Waals surface area (Å²) in [6.07, 6.45) is 2.00. The van der Waals surface area contributed by atoms with E-state index in [1.807, 2.05) is 12.1 Å². The van der Waals surface area contributed by atoms with Crippen molar-refractivity contribution in [3.8, 4) is 0 Å². The smallest absolute Gasteiger partial charge is 0.317 e. The minimum Gasteiger partial charge on any atom is -0.352 e. The van der Waals surface area contributed by atoms with Crippen LogP contribution in [0.5, 0.6) is 0 Å². The molecule has 1 unspecified atom stereocenters. The first-order valence-electron chi connectivity index (χ1n) is 9.08. The molecule has 1 aliphatic rings. The van der Waals surface area contributed by atoms with E-state index in [9.17, 15) is 9.59 Å². The van der Waals surface area contributed by atoms with Crippen LogP contribution in [0.3, 0.4) is 0 Å². The number of rotatable bonds is 7. The average Bonchev–Trinajstić information content (AvgIpc) is 2.60. The number of halogens is 1. The van der Waals surface area contributed by atoms with Gasteiger partial charge in [-0.05, 0) is 29.9 Å². The summed E-state index contributed by atoms with van der Waals surface area (Å²) in [6, 6.07) is 8.09. The van der Waals surface area contributed by atoms with Gasteiger partial charge >= 0.3 is 6.03 Å². The number of nitrogens with zero attached hydrogens (tertiary/aromatic N) is 1. The van der Waals surface area contributed by atoms with Crippen molar-refractivity contribution >= 4 is 24.3 Å². The fourth-order valence-corrected chi connectivity index (χ4v) is 3.15. The normalized spacial score (nSPS) is 14.2. The summed E-state index contributed by atoms with van der Waals surface area (Å²) in [5.74, 6) is 0.413. The first-order chi connectivity index (χ1) is 12.0. The van der Waals surface area contributed by atoms with Crippen molar-refractivity contribution in [2.24, 2.45) is 11.7 Å². The van der Waals surface area contributed by atoms with Gasteiger partial charge in [0, 0.05) is 38.6 Å². The van der Waals surface area contributed by atoms with Gasteiger partial charge in [0.05, 0.1) is 0 Å². The second kappa shape index (κ2) is 11.0. The summed E-state index contributed by atoms with van der Waals surface area (Å²) >= 11 is 0. The number of carbonyl (C=O) groups is 2. The molecule has 1 aromatic rings. The Morgan fingerprint density at radius 2 is 1.92 bits per heavy atom. The van der Waals surface area contributed by atoms with Gasteiger partial charge in [0.15, 0.2) is 0 Å². The lowest BCUT2D eigenvalue weighted by atomic mass is 10.0. The Morgan fingerprint density at radius 1 is 1.23 bits per heavy atom. The van der Waals surface area contributed by atoms with E-state index in [4.69, 9.17) is 5.73 Å². The van der Waals surface area contributed by atoms with E-state index in [1.165, 1.54) is 11.1 Å². The zero-order chi connectivity index (χ0) is 18.2. The third-order valence-corrected chi connectivity index (χ3v) is 4.45. The molecule has 0 radical (unpaired) electrons. The van der Waals surface area contributed by atoms with E-state index in [2.05, 4.69) is 36.6 Å². The molecule has 1 atom stereocenters. The van der Waals surface area contributed by atoms with Gasteiger partial charge in [0.2, 0.25) is 5.91 Å². The van der Waals surface area contributed by atoms with E-state index in [0.29, 0.717) is 32.1 Å². The van der Waals surface area contributed by atoms with E-state index in [-0.39, 0.29) is 36.8 Å². The molecular weight excluding hydrogens is 352 g/mol. The van der Waals surface area contributed by atoms with E-state index in [0.717, 1.165) is 12.8 Å². The van der Waals surface area contributed by atoms with Crippen LogP contribution in [0, 0.1) is 5.92 Å². The molecule has 26 heavy (non-hydrogen) atoms. The Balaban J connectivity index is 0.00000338. The van der Waals surface area contributed by atoms with E-state index < -0.39 is 0 Å². The first kappa shape index (κ1) is 22.3. The Kier molecular flexibility index (Phi) is 9.44. The number of hydrogen-bond acceptors (Lipinski definition) is 3. The molecule has 0 bridgehead atoms. The Morgan fingerprint density at radius 3 is 2.58 bits per heavy atom. The highest BCUT2D eigenvalue weighted by atomic mass is 35.5. The van der Waals surface area contributed by atoms with Crippen LogP contribution in [-0.4, -0.2) is 42.5 Å². The fraction of sp³-hybridized carbons (Fsp3) is 0.579. The second-order valence-corrected chi connectivity index (χ2v) is 7.05. The highest BCUT2D eigenvalue weighted by Crippen LogP contribution is 2.18. The molecule has 0 saturated heterocycles. The molecule has 1 heterocycles. The molecule has 7 heteroatoms. The largest absolute Gasteiger partial charge is 0.352 e. The number of nitrogens with one attached hydrogen (secondary N) is 2. The first-order valence-corrected chi connectivity index (χ1v) is 9.08. The predicted octanol–water partition coefficient (Wildman–Crippen LogP) is 2.06. The van der Waals surface area contributed by atoms with Gasteiger partial charge < -0.3 is 21.3 Å². The van der Waals surface area contributed by atoms with Crippen LogP contribution >= 0.6 is 12.4 Å². The number of fused-ring (bicyclic) bond motifs is 1. The van der Waals surface area contributed by atoms with Crippen molar-refractivity contribution in [3.05, 3.63) is 35.4 Å². The van der Waals surface area contributed by atoms with E-state index in [1.54, 1.807) is 4.90 Å². The Bertz CT molecular complexity index is 595.